The molecule has 23 heavy (non-hydrogen) atoms. The van der Waals surface area contributed by atoms with Crippen LogP contribution in [0.2, 0.25) is 0 Å². The highest BCUT2D eigenvalue weighted by Gasteiger charge is 2.21. The third-order valence-corrected chi connectivity index (χ3v) is 3.67. The summed E-state index contributed by atoms with van der Waals surface area (Å²) in [7, 11) is 0. The van der Waals surface area contributed by atoms with E-state index in [0.29, 0.717) is 6.54 Å². The van der Waals surface area contributed by atoms with Gasteiger partial charge in [0.25, 0.3) is 0 Å². The number of hydrogen-bond acceptors (Lipinski definition) is 3. The van der Waals surface area contributed by atoms with Gasteiger partial charge in [-0.15, -0.1) is 0 Å². The summed E-state index contributed by atoms with van der Waals surface area (Å²) in [6, 6.07) is 18.3. The number of carbonyl (C=O) groups excluding carboxylic acids is 2. The first-order valence-corrected chi connectivity index (χ1v) is 7.56. The predicted molar refractivity (Wildman–Crippen MR) is 90.2 cm³/mol. The van der Waals surface area contributed by atoms with Gasteiger partial charge in [-0.05, 0) is 16.7 Å². The van der Waals surface area contributed by atoms with Crippen LogP contribution >= 0.6 is 0 Å². The molecule has 2 aromatic carbocycles. The third-order valence-electron chi connectivity index (χ3n) is 3.67. The number of hydrogen-bond donors (Lipinski definition) is 1. The van der Waals surface area contributed by atoms with E-state index in [1.54, 1.807) is 0 Å². The van der Waals surface area contributed by atoms with Crippen LogP contribution in [0, 0.1) is 0 Å². The number of carbonyl (C=O) groups is 2. The molecule has 0 spiro atoms. The van der Waals surface area contributed by atoms with Crippen LogP contribution in [-0.4, -0.2) is 29.8 Å². The minimum Gasteiger partial charge on any atom is -0.294 e. The summed E-state index contributed by atoms with van der Waals surface area (Å²) >= 11 is 0. The molecular formula is C19H18N2O2. The van der Waals surface area contributed by atoms with Gasteiger partial charge in [0.05, 0.1) is 13.1 Å². The van der Waals surface area contributed by atoms with E-state index in [1.165, 1.54) is 0 Å². The molecule has 1 fully saturated rings. The van der Waals surface area contributed by atoms with Crippen molar-refractivity contribution in [1.29, 1.82) is 0 Å². The Morgan fingerprint density at radius 2 is 1.39 bits per heavy atom. The van der Waals surface area contributed by atoms with Crippen LogP contribution in [0.25, 0.3) is 12.2 Å². The van der Waals surface area contributed by atoms with E-state index in [-0.39, 0.29) is 24.9 Å². The topological polar surface area (TPSA) is 49.4 Å². The van der Waals surface area contributed by atoms with Gasteiger partial charge in [0.1, 0.15) is 0 Å². The maximum atomic E-state index is 11.4. The lowest BCUT2D eigenvalue weighted by Crippen LogP contribution is -2.50. The van der Waals surface area contributed by atoms with Crippen LogP contribution in [0.1, 0.15) is 16.7 Å². The molecule has 0 unspecified atom stereocenters. The van der Waals surface area contributed by atoms with Crippen LogP contribution in [0.4, 0.5) is 0 Å². The van der Waals surface area contributed by atoms with Gasteiger partial charge in [-0.3, -0.25) is 19.8 Å². The molecule has 4 nitrogen and oxygen atoms in total. The summed E-state index contributed by atoms with van der Waals surface area (Å²) in [4.78, 5) is 24.6. The zero-order valence-electron chi connectivity index (χ0n) is 12.7. The van der Waals surface area contributed by atoms with Crippen molar-refractivity contribution >= 4 is 24.0 Å². The molecule has 0 bridgehead atoms. The fourth-order valence-electron chi connectivity index (χ4n) is 2.56. The average Bonchev–Trinajstić information content (AvgIpc) is 2.54. The van der Waals surface area contributed by atoms with Gasteiger partial charge < -0.3 is 0 Å². The average molecular weight is 306 g/mol. The second kappa shape index (κ2) is 7.03. The predicted octanol–water partition coefficient (Wildman–Crippen LogP) is 2.32. The Morgan fingerprint density at radius 1 is 0.826 bits per heavy atom. The van der Waals surface area contributed by atoms with Gasteiger partial charge >= 0.3 is 0 Å². The second-order valence-corrected chi connectivity index (χ2v) is 5.60. The highest BCUT2D eigenvalue weighted by Crippen LogP contribution is 2.12. The number of imide groups is 1. The van der Waals surface area contributed by atoms with Crippen LogP contribution in [-0.2, 0) is 16.1 Å². The number of nitrogens with one attached hydrogen (secondary N) is 1. The number of piperazine rings is 1. The van der Waals surface area contributed by atoms with Crippen molar-refractivity contribution in [2.75, 3.05) is 13.1 Å². The third kappa shape index (κ3) is 4.37. The number of rotatable bonds is 4. The van der Waals surface area contributed by atoms with Gasteiger partial charge in [0.2, 0.25) is 11.8 Å². The molecule has 0 atom stereocenters. The normalized spacial score (nSPS) is 15.8. The van der Waals surface area contributed by atoms with E-state index >= 15 is 0 Å². The van der Waals surface area contributed by atoms with Gasteiger partial charge in [-0.2, -0.15) is 0 Å². The molecule has 1 saturated heterocycles. The first-order valence-electron chi connectivity index (χ1n) is 7.56. The molecule has 116 valence electrons. The largest absolute Gasteiger partial charge is 0.294 e. The fraction of sp³-hybridized carbons (Fsp3) is 0.158. The first kappa shape index (κ1) is 15.2. The van der Waals surface area contributed by atoms with Crippen LogP contribution in [0.15, 0.2) is 54.6 Å². The summed E-state index contributed by atoms with van der Waals surface area (Å²) in [5.41, 5.74) is 3.36. The number of amides is 2. The van der Waals surface area contributed by atoms with Crippen molar-refractivity contribution in [1.82, 2.24) is 10.2 Å². The quantitative estimate of drug-likeness (QED) is 0.696. The van der Waals surface area contributed by atoms with E-state index < -0.39 is 0 Å². The molecular weight excluding hydrogens is 288 g/mol. The minimum absolute atomic E-state index is 0.233. The van der Waals surface area contributed by atoms with Crippen molar-refractivity contribution in [3.63, 3.8) is 0 Å². The van der Waals surface area contributed by atoms with Crippen molar-refractivity contribution in [3.05, 3.63) is 71.3 Å². The molecule has 3 rings (SSSR count). The molecule has 1 heterocycles. The second-order valence-electron chi connectivity index (χ2n) is 5.60. The smallest absolute Gasteiger partial charge is 0.240 e. The van der Waals surface area contributed by atoms with E-state index in [0.717, 1.165) is 16.7 Å². The lowest BCUT2D eigenvalue weighted by atomic mass is 10.1. The Kier molecular flexibility index (Phi) is 4.64. The van der Waals surface area contributed by atoms with Gasteiger partial charge in [0.15, 0.2) is 0 Å². The number of nitrogens with zero attached hydrogens (tertiary/aromatic N) is 1. The lowest BCUT2D eigenvalue weighted by molar-refractivity contribution is -0.136. The molecule has 0 saturated carbocycles. The Balaban J connectivity index is 1.62. The maximum absolute atomic E-state index is 11.4. The van der Waals surface area contributed by atoms with Gasteiger partial charge in [-0.25, -0.2) is 0 Å². The highest BCUT2D eigenvalue weighted by molar-refractivity contribution is 5.99. The lowest BCUT2D eigenvalue weighted by Gasteiger charge is -2.25. The van der Waals surface area contributed by atoms with Gasteiger partial charge in [-0.1, -0.05) is 66.7 Å². The molecule has 0 aromatic heterocycles. The molecule has 0 aliphatic carbocycles. The van der Waals surface area contributed by atoms with E-state index in [4.69, 9.17) is 0 Å². The zero-order chi connectivity index (χ0) is 16.1. The molecule has 1 aliphatic heterocycles. The van der Waals surface area contributed by atoms with Crippen LogP contribution in [0.3, 0.4) is 0 Å². The SMILES string of the molecule is O=C1CN(Cc2ccc(/C=C/c3ccccc3)cc2)CC(=O)N1. The molecule has 1 N–H and O–H groups in total. The summed E-state index contributed by atoms with van der Waals surface area (Å²) in [6.45, 7) is 1.13. The standard InChI is InChI=1S/C19H18N2O2/c22-18-13-21(14-19(23)20-18)12-17-10-8-16(9-11-17)7-6-15-4-2-1-3-5-15/h1-11H,12-14H2,(H,20,22,23)/b7-6+. The first-order chi connectivity index (χ1) is 11.2. The monoisotopic (exact) mass is 306 g/mol. The van der Waals surface area contributed by atoms with Crippen molar-refractivity contribution in [2.45, 2.75) is 6.54 Å². The van der Waals surface area contributed by atoms with Crippen molar-refractivity contribution in [2.24, 2.45) is 0 Å². The van der Waals surface area contributed by atoms with E-state index in [1.807, 2.05) is 47.4 Å². The Morgan fingerprint density at radius 3 is 2.00 bits per heavy atom. The summed E-state index contributed by atoms with van der Waals surface area (Å²) in [5, 5.41) is 2.31. The summed E-state index contributed by atoms with van der Waals surface area (Å²) < 4.78 is 0. The van der Waals surface area contributed by atoms with Crippen molar-refractivity contribution < 1.29 is 9.59 Å². The Labute approximate surface area is 135 Å². The van der Waals surface area contributed by atoms with Crippen molar-refractivity contribution in [3.8, 4) is 0 Å². The molecule has 4 heteroatoms. The number of benzene rings is 2. The summed E-state index contributed by atoms with van der Waals surface area (Å²) in [5.74, 6) is -0.465. The molecule has 0 radical (unpaired) electrons. The fourth-order valence-corrected chi connectivity index (χ4v) is 2.56. The highest BCUT2D eigenvalue weighted by atomic mass is 16.2. The van der Waals surface area contributed by atoms with Crippen LogP contribution < -0.4 is 5.32 Å². The zero-order valence-corrected chi connectivity index (χ0v) is 12.7. The van der Waals surface area contributed by atoms with E-state index in [9.17, 15) is 9.59 Å². The van der Waals surface area contributed by atoms with Crippen LogP contribution in [0.5, 0.6) is 0 Å². The Bertz CT molecular complexity index is 705. The molecule has 1 aliphatic rings. The molecule has 2 amide bonds. The van der Waals surface area contributed by atoms with Gasteiger partial charge in [0, 0.05) is 6.54 Å². The summed E-state index contributed by atoms with van der Waals surface area (Å²) in [6.07, 6.45) is 4.14. The van der Waals surface area contributed by atoms with E-state index in [2.05, 4.69) is 29.6 Å². The molecule has 2 aromatic rings. The maximum Gasteiger partial charge on any atom is 0.240 e. The minimum atomic E-state index is -0.233. The Hall–Kier alpha value is -2.72.